The zero-order valence-corrected chi connectivity index (χ0v) is 6.78. The molecule has 0 atom stereocenters. The van der Waals surface area contributed by atoms with Crippen LogP contribution >= 0.6 is 0 Å². The fourth-order valence-electron chi connectivity index (χ4n) is 0.540. The van der Waals surface area contributed by atoms with E-state index in [-0.39, 0.29) is 0 Å². The van der Waals surface area contributed by atoms with Crippen LogP contribution < -0.4 is 0 Å². The zero-order valence-electron chi connectivity index (χ0n) is 6.78. The Morgan fingerprint density at radius 2 is 2.00 bits per heavy atom. The Kier molecular flexibility index (Phi) is 5.59. The van der Waals surface area contributed by atoms with Gasteiger partial charge in [0.25, 0.3) is 0 Å². The largest absolute Gasteiger partial charge is 0.294 e. The van der Waals surface area contributed by atoms with Gasteiger partial charge in [0.05, 0.1) is 0 Å². The van der Waals surface area contributed by atoms with Crippen LogP contribution in [-0.4, -0.2) is 12.3 Å². The molecule has 0 N–H and O–H groups in total. The Bertz CT molecular complexity index is 84.6. The summed E-state index contributed by atoms with van der Waals surface area (Å²) in [6, 6.07) is 0. The van der Waals surface area contributed by atoms with Crippen molar-refractivity contribution >= 4 is 5.71 Å². The summed E-state index contributed by atoms with van der Waals surface area (Å²) in [4.78, 5) is 4.35. The van der Waals surface area contributed by atoms with Gasteiger partial charge in [-0.15, -0.1) is 0 Å². The predicted octanol–water partition coefficient (Wildman–Crippen LogP) is 2.66. The van der Waals surface area contributed by atoms with Crippen LogP contribution in [0.1, 0.15) is 40.0 Å². The van der Waals surface area contributed by atoms with Gasteiger partial charge in [-0.1, -0.05) is 20.3 Å². The molecule has 0 aliphatic heterocycles. The SMILES string of the molecule is CCCCN=C(C)CC. The van der Waals surface area contributed by atoms with Crippen LogP contribution in [0.3, 0.4) is 0 Å². The summed E-state index contributed by atoms with van der Waals surface area (Å²) >= 11 is 0. The molecule has 0 radical (unpaired) electrons. The van der Waals surface area contributed by atoms with Gasteiger partial charge in [0.2, 0.25) is 0 Å². The third-order valence-corrected chi connectivity index (χ3v) is 1.41. The number of rotatable bonds is 4. The van der Waals surface area contributed by atoms with Gasteiger partial charge in [0.15, 0.2) is 0 Å². The van der Waals surface area contributed by atoms with E-state index in [0.717, 1.165) is 13.0 Å². The lowest BCUT2D eigenvalue weighted by Crippen LogP contribution is -1.89. The molecule has 0 unspecified atom stereocenters. The van der Waals surface area contributed by atoms with Gasteiger partial charge in [0.1, 0.15) is 0 Å². The van der Waals surface area contributed by atoms with Gasteiger partial charge < -0.3 is 0 Å². The van der Waals surface area contributed by atoms with Gasteiger partial charge in [-0.25, -0.2) is 0 Å². The molecule has 0 spiro atoms. The Hall–Kier alpha value is -0.330. The first kappa shape index (κ1) is 8.67. The number of hydrogen-bond acceptors (Lipinski definition) is 1. The molecule has 0 fully saturated rings. The van der Waals surface area contributed by atoms with Gasteiger partial charge in [-0.3, -0.25) is 4.99 Å². The third-order valence-electron chi connectivity index (χ3n) is 1.41. The van der Waals surface area contributed by atoms with Crippen LogP contribution in [0.4, 0.5) is 0 Å². The fraction of sp³-hybridized carbons (Fsp3) is 0.875. The van der Waals surface area contributed by atoms with Gasteiger partial charge >= 0.3 is 0 Å². The van der Waals surface area contributed by atoms with Crippen molar-refractivity contribution in [2.24, 2.45) is 4.99 Å². The number of unbranched alkanes of at least 4 members (excludes halogenated alkanes) is 1. The summed E-state index contributed by atoms with van der Waals surface area (Å²) < 4.78 is 0. The molecule has 0 aliphatic rings. The summed E-state index contributed by atoms with van der Waals surface area (Å²) in [6.45, 7) is 7.45. The molecule has 0 aromatic carbocycles. The maximum absolute atomic E-state index is 4.35. The topological polar surface area (TPSA) is 12.4 Å². The highest BCUT2D eigenvalue weighted by atomic mass is 14.7. The summed E-state index contributed by atoms with van der Waals surface area (Å²) in [6.07, 6.45) is 3.58. The molecule has 0 amide bonds. The monoisotopic (exact) mass is 127 g/mol. The van der Waals surface area contributed by atoms with E-state index in [9.17, 15) is 0 Å². The molecule has 0 aromatic rings. The highest BCUT2D eigenvalue weighted by Gasteiger charge is 1.83. The van der Waals surface area contributed by atoms with Crippen molar-refractivity contribution in [3.05, 3.63) is 0 Å². The molecule has 9 heavy (non-hydrogen) atoms. The lowest BCUT2D eigenvalue weighted by Gasteiger charge is -1.93. The lowest BCUT2D eigenvalue weighted by atomic mass is 10.3. The van der Waals surface area contributed by atoms with E-state index >= 15 is 0 Å². The number of nitrogens with zero attached hydrogens (tertiary/aromatic N) is 1. The molecule has 1 heteroatoms. The van der Waals surface area contributed by atoms with E-state index in [0.29, 0.717) is 0 Å². The third kappa shape index (κ3) is 5.54. The fourth-order valence-corrected chi connectivity index (χ4v) is 0.540. The smallest absolute Gasteiger partial charge is 0.0388 e. The standard InChI is InChI=1S/C8H17N/c1-4-6-7-9-8(3)5-2/h4-7H2,1-3H3. The van der Waals surface area contributed by atoms with E-state index in [1.54, 1.807) is 0 Å². The Labute approximate surface area is 58.2 Å². The van der Waals surface area contributed by atoms with Gasteiger partial charge in [0, 0.05) is 12.3 Å². The van der Waals surface area contributed by atoms with Gasteiger partial charge in [-0.2, -0.15) is 0 Å². The first-order valence-corrected chi connectivity index (χ1v) is 3.81. The van der Waals surface area contributed by atoms with Crippen molar-refractivity contribution in [1.29, 1.82) is 0 Å². The first-order valence-electron chi connectivity index (χ1n) is 3.81. The van der Waals surface area contributed by atoms with Crippen LogP contribution in [-0.2, 0) is 0 Å². The number of hydrogen-bond donors (Lipinski definition) is 0. The summed E-state index contributed by atoms with van der Waals surface area (Å²) in [5.74, 6) is 0. The van der Waals surface area contributed by atoms with Crippen molar-refractivity contribution in [2.45, 2.75) is 40.0 Å². The average Bonchev–Trinajstić information content (AvgIpc) is 1.89. The molecule has 54 valence electrons. The van der Waals surface area contributed by atoms with Crippen molar-refractivity contribution in [3.63, 3.8) is 0 Å². The quantitative estimate of drug-likeness (QED) is 0.406. The Morgan fingerprint density at radius 1 is 1.33 bits per heavy atom. The van der Waals surface area contributed by atoms with Crippen LogP contribution in [0.25, 0.3) is 0 Å². The number of aliphatic imine (C=N–C) groups is 1. The maximum Gasteiger partial charge on any atom is 0.0388 e. The van der Waals surface area contributed by atoms with E-state index < -0.39 is 0 Å². The highest BCUT2D eigenvalue weighted by molar-refractivity contribution is 5.81. The lowest BCUT2D eigenvalue weighted by molar-refractivity contribution is 0.805. The molecule has 1 nitrogen and oxygen atoms in total. The summed E-state index contributed by atoms with van der Waals surface area (Å²) in [7, 11) is 0. The van der Waals surface area contributed by atoms with Crippen molar-refractivity contribution in [2.75, 3.05) is 6.54 Å². The molecule has 0 heterocycles. The minimum Gasteiger partial charge on any atom is -0.294 e. The normalized spacial score (nSPS) is 12.1. The Balaban J connectivity index is 3.21. The second kappa shape index (κ2) is 5.80. The summed E-state index contributed by atoms with van der Waals surface area (Å²) in [5.41, 5.74) is 1.28. The van der Waals surface area contributed by atoms with Crippen LogP contribution in [0, 0.1) is 0 Å². The molecule has 0 aromatic heterocycles. The second-order valence-corrected chi connectivity index (χ2v) is 2.32. The zero-order chi connectivity index (χ0) is 7.11. The van der Waals surface area contributed by atoms with E-state index in [4.69, 9.17) is 0 Å². The minimum atomic E-state index is 1.02. The van der Waals surface area contributed by atoms with E-state index in [1.807, 2.05) is 0 Å². The molecule has 0 aliphatic carbocycles. The predicted molar refractivity (Wildman–Crippen MR) is 43.2 cm³/mol. The van der Waals surface area contributed by atoms with Crippen molar-refractivity contribution in [3.8, 4) is 0 Å². The molecule has 0 saturated carbocycles. The van der Waals surface area contributed by atoms with Crippen molar-refractivity contribution in [1.82, 2.24) is 0 Å². The maximum atomic E-state index is 4.35. The van der Waals surface area contributed by atoms with Crippen LogP contribution in [0.2, 0.25) is 0 Å². The molecule has 0 bridgehead atoms. The van der Waals surface area contributed by atoms with Crippen molar-refractivity contribution < 1.29 is 0 Å². The van der Waals surface area contributed by atoms with E-state index in [2.05, 4.69) is 25.8 Å². The van der Waals surface area contributed by atoms with Crippen LogP contribution in [0.15, 0.2) is 4.99 Å². The van der Waals surface area contributed by atoms with Crippen LogP contribution in [0.5, 0.6) is 0 Å². The average molecular weight is 127 g/mol. The van der Waals surface area contributed by atoms with Gasteiger partial charge in [-0.05, 0) is 19.8 Å². The first-order chi connectivity index (χ1) is 4.31. The molecule has 0 saturated heterocycles. The highest BCUT2D eigenvalue weighted by Crippen LogP contribution is 1.89. The van der Waals surface area contributed by atoms with E-state index in [1.165, 1.54) is 18.6 Å². The minimum absolute atomic E-state index is 1.02. The molecule has 0 rings (SSSR count). The summed E-state index contributed by atoms with van der Waals surface area (Å²) in [5, 5.41) is 0. The Morgan fingerprint density at radius 3 is 2.44 bits per heavy atom. The second-order valence-electron chi connectivity index (χ2n) is 2.32. The molecular formula is C8H17N. The molecular weight excluding hydrogens is 110 g/mol.